The predicted octanol–water partition coefficient (Wildman–Crippen LogP) is 3.63. The Morgan fingerprint density at radius 3 is 3.00 bits per heavy atom. The number of aliphatic imine (C=N–C) groups is 1. The normalized spacial score (nSPS) is 11.1. The molecule has 3 nitrogen and oxygen atoms in total. The molecule has 0 radical (unpaired) electrons. The van der Waals surface area contributed by atoms with E-state index in [4.69, 9.17) is 9.47 Å². The van der Waals surface area contributed by atoms with Crippen molar-refractivity contribution in [2.24, 2.45) is 4.99 Å². The average molecular weight is 314 g/mol. The Bertz CT molecular complexity index is 380. The summed E-state index contributed by atoms with van der Waals surface area (Å²) in [5.41, 5.74) is 1.14. The largest absolute Gasteiger partial charge is 0.493 e. The number of hydrogen-bond donors (Lipinski definition) is 0. The van der Waals surface area contributed by atoms with Crippen molar-refractivity contribution in [2.45, 2.75) is 20.3 Å². The van der Waals surface area contributed by atoms with Crippen LogP contribution in [0.1, 0.15) is 18.9 Å². The first-order chi connectivity index (χ1) is 8.75. The van der Waals surface area contributed by atoms with Crippen molar-refractivity contribution in [3.63, 3.8) is 0 Å². The Hall–Kier alpha value is -0.870. The van der Waals surface area contributed by atoms with E-state index in [9.17, 15) is 0 Å². The maximum Gasteiger partial charge on any atom is 0.123 e. The molecule has 0 heterocycles. The van der Waals surface area contributed by atoms with Gasteiger partial charge in [0.2, 0.25) is 0 Å². The van der Waals surface area contributed by atoms with Gasteiger partial charge in [-0.3, -0.25) is 4.99 Å². The molecule has 0 N–H and O–H groups in total. The molecular formula is C14H20BrNO2. The fourth-order valence-electron chi connectivity index (χ4n) is 1.40. The topological polar surface area (TPSA) is 30.8 Å². The second kappa shape index (κ2) is 9.11. The number of hydrogen-bond acceptors (Lipinski definition) is 3. The van der Waals surface area contributed by atoms with Gasteiger partial charge in [0.15, 0.2) is 0 Å². The summed E-state index contributed by atoms with van der Waals surface area (Å²) >= 11 is 3.49. The van der Waals surface area contributed by atoms with Gasteiger partial charge in [-0.05, 0) is 26.0 Å². The molecule has 0 saturated carbocycles. The van der Waals surface area contributed by atoms with E-state index in [0.29, 0.717) is 13.2 Å². The zero-order valence-electron chi connectivity index (χ0n) is 11.0. The van der Waals surface area contributed by atoms with Crippen molar-refractivity contribution >= 4 is 22.1 Å². The summed E-state index contributed by atoms with van der Waals surface area (Å²) < 4.78 is 11.9. The Morgan fingerprint density at radius 1 is 1.39 bits per heavy atom. The molecular weight excluding hydrogens is 294 g/mol. The van der Waals surface area contributed by atoms with E-state index in [2.05, 4.69) is 20.9 Å². The first-order valence-corrected chi connectivity index (χ1v) is 6.99. The van der Waals surface area contributed by atoms with Crippen molar-refractivity contribution in [1.29, 1.82) is 0 Å². The minimum atomic E-state index is 0.599. The van der Waals surface area contributed by atoms with Gasteiger partial charge in [0, 0.05) is 35.8 Å². The Morgan fingerprint density at radius 2 is 2.22 bits per heavy atom. The van der Waals surface area contributed by atoms with Gasteiger partial charge in [0.25, 0.3) is 0 Å². The number of nitrogens with zero attached hydrogens (tertiary/aromatic N) is 1. The summed E-state index contributed by atoms with van der Waals surface area (Å²) in [5, 5.41) is 0. The number of halogens is 1. The maximum absolute atomic E-state index is 5.71. The fourth-order valence-corrected chi connectivity index (χ4v) is 1.74. The van der Waals surface area contributed by atoms with Crippen LogP contribution in [0.15, 0.2) is 27.7 Å². The van der Waals surface area contributed by atoms with E-state index in [0.717, 1.165) is 35.4 Å². The lowest BCUT2D eigenvalue weighted by Crippen LogP contribution is -2.01. The first kappa shape index (κ1) is 15.2. The third-order valence-electron chi connectivity index (χ3n) is 2.43. The van der Waals surface area contributed by atoms with Crippen LogP contribution < -0.4 is 4.74 Å². The molecule has 1 aromatic rings. The quantitative estimate of drug-likeness (QED) is 0.542. The summed E-state index contributed by atoms with van der Waals surface area (Å²) in [4.78, 5) is 4.24. The Balaban J connectivity index is 2.18. The summed E-state index contributed by atoms with van der Waals surface area (Å²) in [6, 6.07) is 5.98. The summed E-state index contributed by atoms with van der Waals surface area (Å²) in [5.74, 6) is 0.933. The van der Waals surface area contributed by atoms with Gasteiger partial charge in [-0.1, -0.05) is 22.0 Å². The highest BCUT2D eigenvalue weighted by Gasteiger charge is 2.01. The van der Waals surface area contributed by atoms with Gasteiger partial charge >= 0.3 is 0 Å². The molecule has 1 aromatic carbocycles. The van der Waals surface area contributed by atoms with Crippen molar-refractivity contribution < 1.29 is 9.47 Å². The van der Waals surface area contributed by atoms with Gasteiger partial charge in [0.1, 0.15) is 5.75 Å². The van der Waals surface area contributed by atoms with Crippen LogP contribution in [-0.2, 0) is 4.74 Å². The van der Waals surface area contributed by atoms with Crippen LogP contribution in [0, 0.1) is 6.92 Å². The standard InChI is InChI=1S/C14H20BrNO2/c1-3-17-11-9-16-8-5-10-18-14-7-4-6-13(15)12(14)2/h4,6-7,9H,3,5,8,10-11H2,1-2H3. The van der Waals surface area contributed by atoms with Crippen molar-refractivity contribution in [3.8, 4) is 5.75 Å². The van der Waals surface area contributed by atoms with Crippen molar-refractivity contribution in [3.05, 3.63) is 28.2 Å². The lowest BCUT2D eigenvalue weighted by molar-refractivity contribution is 0.190. The van der Waals surface area contributed by atoms with E-state index < -0.39 is 0 Å². The first-order valence-electron chi connectivity index (χ1n) is 6.19. The van der Waals surface area contributed by atoms with Gasteiger partial charge in [-0.2, -0.15) is 0 Å². The highest BCUT2D eigenvalue weighted by molar-refractivity contribution is 9.10. The zero-order chi connectivity index (χ0) is 13.2. The second-order valence-corrected chi connectivity index (χ2v) is 4.67. The van der Waals surface area contributed by atoms with E-state index in [1.165, 1.54) is 0 Å². The Labute approximate surface area is 117 Å². The van der Waals surface area contributed by atoms with Crippen molar-refractivity contribution in [1.82, 2.24) is 0 Å². The highest BCUT2D eigenvalue weighted by Crippen LogP contribution is 2.25. The summed E-state index contributed by atoms with van der Waals surface area (Å²) in [6.07, 6.45) is 2.72. The van der Waals surface area contributed by atoms with Crippen LogP contribution >= 0.6 is 15.9 Å². The Kier molecular flexibility index (Phi) is 7.69. The molecule has 0 aliphatic heterocycles. The zero-order valence-corrected chi connectivity index (χ0v) is 12.6. The molecule has 0 atom stereocenters. The van der Waals surface area contributed by atoms with Crippen LogP contribution in [-0.4, -0.2) is 32.6 Å². The predicted molar refractivity (Wildman–Crippen MR) is 78.8 cm³/mol. The number of benzene rings is 1. The fraction of sp³-hybridized carbons (Fsp3) is 0.500. The molecule has 0 spiro atoms. The average Bonchev–Trinajstić information content (AvgIpc) is 2.37. The molecule has 100 valence electrons. The third kappa shape index (κ3) is 5.65. The minimum absolute atomic E-state index is 0.599. The molecule has 0 saturated heterocycles. The lowest BCUT2D eigenvalue weighted by atomic mass is 10.2. The smallest absolute Gasteiger partial charge is 0.123 e. The van der Waals surface area contributed by atoms with E-state index in [1.54, 1.807) is 0 Å². The van der Waals surface area contributed by atoms with Gasteiger partial charge in [-0.25, -0.2) is 0 Å². The van der Waals surface area contributed by atoms with Crippen molar-refractivity contribution in [2.75, 3.05) is 26.4 Å². The van der Waals surface area contributed by atoms with E-state index in [1.807, 2.05) is 38.3 Å². The molecule has 1 rings (SSSR count). The molecule has 0 fully saturated rings. The van der Waals surface area contributed by atoms with Crippen LogP contribution in [0.5, 0.6) is 5.75 Å². The molecule has 4 heteroatoms. The molecule has 18 heavy (non-hydrogen) atoms. The minimum Gasteiger partial charge on any atom is -0.493 e. The molecule has 0 bridgehead atoms. The molecule has 0 unspecified atom stereocenters. The van der Waals surface area contributed by atoms with E-state index in [-0.39, 0.29) is 0 Å². The van der Waals surface area contributed by atoms with Crippen LogP contribution in [0.3, 0.4) is 0 Å². The third-order valence-corrected chi connectivity index (χ3v) is 3.29. The lowest BCUT2D eigenvalue weighted by Gasteiger charge is -2.09. The second-order valence-electron chi connectivity index (χ2n) is 3.81. The summed E-state index contributed by atoms with van der Waals surface area (Å²) in [6.45, 7) is 6.81. The molecule has 0 aliphatic carbocycles. The number of rotatable bonds is 8. The van der Waals surface area contributed by atoms with Crippen LogP contribution in [0.2, 0.25) is 0 Å². The number of ether oxygens (including phenoxy) is 2. The molecule has 0 aliphatic rings. The van der Waals surface area contributed by atoms with E-state index >= 15 is 0 Å². The van der Waals surface area contributed by atoms with Crippen LogP contribution in [0.25, 0.3) is 0 Å². The molecule has 0 amide bonds. The SMILES string of the molecule is CCOCC=NCCCOc1cccc(Br)c1C. The van der Waals surface area contributed by atoms with Gasteiger partial charge in [0.05, 0.1) is 13.2 Å². The monoisotopic (exact) mass is 313 g/mol. The molecule has 0 aromatic heterocycles. The van der Waals surface area contributed by atoms with Gasteiger partial charge < -0.3 is 9.47 Å². The highest BCUT2D eigenvalue weighted by atomic mass is 79.9. The van der Waals surface area contributed by atoms with Gasteiger partial charge in [-0.15, -0.1) is 0 Å². The van der Waals surface area contributed by atoms with Crippen LogP contribution in [0.4, 0.5) is 0 Å². The summed E-state index contributed by atoms with van der Waals surface area (Å²) in [7, 11) is 0. The maximum atomic E-state index is 5.71.